The third-order valence-electron chi connectivity index (χ3n) is 7.44. The zero-order valence-electron chi connectivity index (χ0n) is 19.9. The highest BCUT2D eigenvalue weighted by molar-refractivity contribution is 5.53. The first-order valence-electron chi connectivity index (χ1n) is 12.0. The summed E-state index contributed by atoms with van der Waals surface area (Å²) in [5, 5.41) is 0. The van der Waals surface area contributed by atoms with E-state index in [2.05, 4.69) is 159 Å². The lowest BCUT2D eigenvalue weighted by Crippen LogP contribution is -2.27. The Labute approximate surface area is 203 Å². The number of benzene rings is 5. The van der Waals surface area contributed by atoms with Crippen LogP contribution >= 0.6 is 0 Å². The Balaban J connectivity index is 1.66. The van der Waals surface area contributed by atoms with E-state index in [9.17, 15) is 0 Å². The zero-order chi connectivity index (χ0) is 23.4. The third kappa shape index (κ3) is 3.76. The molecule has 0 aromatic heterocycles. The molecule has 166 valence electrons. The van der Waals surface area contributed by atoms with Crippen molar-refractivity contribution in [2.75, 3.05) is 0 Å². The Morgan fingerprint density at radius 1 is 0.265 bits per heavy atom. The van der Waals surface area contributed by atoms with Crippen LogP contribution in [0.5, 0.6) is 0 Å². The van der Waals surface area contributed by atoms with Crippen LogP contribution in [0.1, 0.15) is 47.2 Å². The van der Waals surface area contributed by atoms with Gasteiger partial charge >= 0.3 is 0 Å². The monoisotopic (exact) mass is 438 g/mol. The average Bonchev–Trinajstić information content (AvgIpc) is 2.94. The first-order chi connectivity index (χ1) is 16.6. The Kier molecular flexibility index (Phi) is 5.90. The highest BCUT2D eigenvalue weighted by atomic mass is 14.4. The van der Waals surface area contributed by atoms with Crippen molar-refractivity contribution in [3.8, 4) is 0 Å². The van der Waals surface area contributed by atoms with Crippen LogP contribution in [-0.2, 0) is 10.8 Å². The molecular formula is C34H30. The minimum Gasteiger partial charge on any atom is -0.0622 e. The largest absolute Gasteiger partial charge is 0.0622 e. The van der Waals surface area contributed by atoms with Crippen LogP contribution in [0, 0.1) is 0 Å². The van der Waals surface area contributed by atoms with Gasteiger partial charge in [0.15, 0.2) is 0 Å². The number of hydrogen-bond acceptors (Lipinski definition) is 0. The molecule has 0 amide bonds. The zero-order valence-corrected chi connectivity index (χ0v) is 19.9. The fourth-order valence-electron chi connectivity index (χ4n) is 5.22. The summed E-state index contributed by atoms with van der Waals surface area (Å²) in [4.78, 5) is 0. The van der Waals surface area contributed by atoms with Crippen molar-refractivity contribution in [2.45, 2.75) is 24.7 Å². The van der Waals surface area contributed by atoms with Crippen molar-refractivity contribution >= 4 is 0 Å². The molecule has 0 spiro atoms. The highest BCUT2D eigenvalue weighted by Crippen LogP contribution is 2.42. The Morgan fingerprint density at radius 2 is 0.441 bits per heavy atom. The maximum atomic E-state index is 2.33. The Hall–Kier alpha value is -3.90. The van der Waals surface area contributed by atoms with Gasteiger partial charge in [-0.3, -0.25) is 0 Å². The van der Waals surface area contributed by atoms with E-state index >= 15 is 0 Å². The van der Waals surface area contributed by atoms with Gasteiger partial charge in [-0.2, -0.15) is 0 Å². The fraction of sp³-hybridized carbons (Fsp3) is 0.118. The number of hydrogen-bond donors (Lipinski definition) is 0. The van der Waals surface area contributed by atoms with Crippen molar-refractivity contribution < 1.29 is 0 Å². The molecule has 5 rings (SSSR count). The van der Waals surface area contributed by atoms with E-state index in [0.717, 1.165) is 0 Å². The van der Waals surface area contributed by atoms with E-state index in [1.54, 1.807) is 0 Å². The molecule has 34 heavy (non-hydrogen) atoms. The molecule has 0 aliphatic carbocycles. The van der Waals surface area contributed by atoms with E-state index in [1.807, 2.05) is 0 Å². The van der Waals surface area contributed by atoms with Crippen molar-refractivity contribution in [1.82, 2.24) is 0 Å². The van der Waals surface area contributed by atoms with Crippen LogP contribution in [0.15, 0.2) is 146 Å². The SMILES string of the molecule is CC(c1ccccc1)(c1ccccc1)c1ccc(C(C)(c2ccccc2)c2ccccc2)cc1. The molecule has 5 aromatic rings. The van der Waals surface area contributed by atoms with Crippen LogP contribution in [0.2, 0.25) is 0 Å². The Bertz CT molecular complexity index is 1130. The van der Waals surface area contributed by atoms with Gasteiger partial charge in [-0.05, 0) is 47.2 Å². The van der Waals surface area contributed by atoms with E-state index in [-0.39, 0.29) is 10.8 Å². The maximum absolute atomic E-state index is 2.33. The average molecular weight is 439 g/mol. The molecule has 0 nitrogen and oxygen atoms in total. The minimum atomic E-state index is -0.239. The molecule has 0 unspecified atom stereocenters. The standard InChI is InChI=1S/C34H30/c1-33(27-15-7-3-8-16-27,28-17-9-4-10-18-28)31-23-25-32(26-24-31)34(2,29-19-11-5-12-20-29)30-21-13-6-14-22-30/h3-26H,1-2H3. The maximum Gasteiger partial charge on any atom is 0.0423 e. The lowest BCUT2D eigenvalue weighted by atomic mass is 9.68. The number of rotatable bonds is 6. The second kappa shape index (κ2) is 9.15. The molecule has 0 aliphatic rings. The third-order valence-corrected chi connectivity index (χ3v) is 7.44. The lowest BCUT2D eigenvalue weighted by molar-refractivity contribution is 0.677. The quantitative estimate of drug-likeness (QED) is 0.233. The summed E-state index contributed by atoms with van der Waals surface area (Å²) in [5.41, 5.74) is 7.28. The second-order valence-corrected chi connectivity index (χ2v) is 9.29. The minimum absolute atomic E-state index is 0.239. The van der Waals surface area contributed by atoms with Gasteiger partial charge in [-0.15, -0.1) is 0 Å². The van der Waals surface area contributed by atoms with E-state index in [1.165, 1.54) is 33.4 Å². The van der Waals surface area contributed by atoms with Gasteiger partial charge in [0.25, 0.3) is 0 Å². The molecule has 0 bridgehead atoms. The summed E-state index contributed by atoms with van der Waals surface area (Å²) in [7, 11) is 0. The van der Waals surface area contributed by atoms with Gasteiger partial charge in [0.1, 0.15) is 0 Å². The molecule has 0 aliphatic heterocycles. The molecule has 0 fully saturated rings. The van der Waals surface area contributed by atoms with E-state index in [0.29, 0.717) is 0 Å². The van der Waals surface area contributed by atoms with Crippen LogP contribution in [0.3, 0.4) is 0 Å². The molecular weight excluding hydrogens is 408 g/mol. The lowest BCUT2D eigenvalue weighted by Gasteiger charge is -2.34. The summed E-state index contributed by atoms with van der Waals surface area (Å²) in [6.45, 7) is 4.67. The molecule has 0 heterocycles. The smallest absolute Gasteiger partial charge is 0.0423 e. The van der Waals surface area contributed by atoms with Crippen LogP contribution in [0.25, 0.3) is 0 Å². The topological polar surface area (TPSA) is 0 Å². The van der Waals surface area contributed by atoms with E-state index in [4.69, 9.17) is 0 Å². The molecule has 5 aromatic carbocycles. The second-order valence-electron chi connectivity index (χ2n) is 9.29. The molecule has 0 N–H and O–H groups in total. The van der Waals surface area contributed by atoms with Crippen molar-refractivity contribution in [1.29, 1.82) is 0 Å². The van der Waals surface area contributed by atoms with Gasteiger partial charge in [-0.25, -0.2) is 0 Å². The molecule has 0 saturated carbocycles. The van der Waals surface area contributed by atoms with Crippen LogP contribution < -0.4 is 0 Å². The molecule has 0 saturated heterocycles. The summed E-state index contributed by atoms with van der Waals surface area (Å²) in [6, 6.07) is 52.6. The predicted molar refractivity (Wildman–Crippen MR) is 143 cm³/mol. The van der Waals surface area contributed by atoms with Crippen molar-refractivity contribution in [3.05, 3.63) is 179 Å². The van der Waals surface area contributed by atoms with Crippen LogP contribution in [-0.4, -0.2) is 0 Å². The van der Waals surface area contributed by atoms with E-state index < -0.39 is 0 Å². The van der Waals surface area contributed by atoms with Gasteiger partial charge in [0.2, 0.25) is 0 Å². The van der Waals surface area contributed by atoms with Gasteiger partial charge in [0.05, 0.1) is 0 Å². The van der Waals surface area contributed by atoms with Crippen LogP contribution in [0.4, 0.5) is 0 Å². The first kappa shape index (κ1) is 21.9. The Morgan fingerprint density at radius 3 is 0.647 bits per heavy atom. The molecule has 0 atom stereocenters. The predicted octanol–water partition coefficient (Wildman–Crippen LogP) is 8.40. The molecule has 0 radical (unpaired) electrons. The van der Waals surface area contributed by atoms with Gasteiger partial charge < -0.3 is 0 Å². The fourth-order valence-corrected chi connectivity index (χ4v) is 5.22. The molecule has 0 heteroatoms. The summed E-state index contributed by atoms with van der Waals surface area (Å²) in [6.07, 6.45) is 0. The first-order valence-corrected chi connectivity index (χ1v) is 12.0. The van der Waals surface area contributed by atoms with Gasteiger partial charge in [-0.1, -0.05) is 146 Å². The highest BCUT2D eigenvalue weighted by Gasteiger charge is 2.34. The summed E-state index contributed by atoms with van der Waals surface area (Å²) >= 11 is 0. The van der Waals surface area contributed by atoms with Crippen molar-refractivity contribution in [3.63, 3.8) is 0 Å². The normalized spacial score (nSPS) is 11.8. The van der Waals surface area contributed by atoms with Gasteiger partial charge in [0, 0.05) is 10.8 Å². The summed E-state index contributed by atoms with van der Waals surface area (Å²) in [5.74, 6) is 0. The summed E-state index contributed by atoms with van der Waals surface area (Å²) < 4.78 is 0. The van der Waals surface area contributed by atoms with Crippen molar-refractivity contribution in [2.24, 2.45) is 0 Å².